The Hall–Kier alpha value is -2.91. The van der Waals surface area contributed by atoms with Crippen molar-refractivity contribution in [2.75, 3.05) is 6.61 Å². The molecule has 0 fully saturated rings. The SMILES string of the molecule is CC[C@H](C)[C@H](N)C(=O)N[C@@H](Cc1c[nH]c2ccccc12)C(=O)N[C@@H](CO)C(=O)O. The molecule has 4 atom stereocenters. The largest absolute Gasteiger partial charge is 0.480 e. The lowest BCUT2D eigenvalue weighted by Crippen LogP contribution is -2.56. The number of fused-ring (bicyclic) bond motifs is 1. The molecule has 0 aliphatic carbocycles. The van der Waals surface area contributed by atoms with E-state index in [0.717, 1.165) is 16.5 Å². The lowest BCUT2D eigenvalue weighted by Gasteiger charge is -2.24. The zero-order valence-corrected chi connectivity index (χ0v) is 16.5. The molecule has 0 aliphatic heterocycles. The number of nitrogens with two attached hydrogens (primary N) is 1. The predicted octanol–water partition coefficient (Wildman–Crippen LogP) is 0.130. The van der Waals surface area contributed by atoms with Crippen LogP contribution < -0.4 is 16.4 Å². The van der Waals surface area contributed by atoms with Gasteiger partial charge in [-0.15, -0.1) is 0 Å². The Kier molecular flexibility index (Phi) is 7.74. The second-order valence-electron chi connectivity index (χ2n) is 7.12. The molecule has 2 amide bonds. The number of aromatic nitrogens is 1. The third-order valence-corrected chi connectivity index (χ3v) is 5.09. The van der Waals surface area contributed by atoms with E-state index in [0.29, 0.717) is 6.42 Å². The number of aliphatic hydroxyl groups is 1. The molecule has 0 radical (unpaired) electrons. The summed E-state index contributed by atoms with van der Waals surface area (Å²) in [6.45, 7) is 2.99. The van der Waals surface area contributed by atoms with Gasteiger partial charge in [-0.2, -0.15) is 0 Å². The van der Waals surface area contributed by atoms with Crippen molar-refractivity contribution in [1.29, 1.82) is 0 Å². The highest BCUT2D eigenvalue weighted by molar-refractivity contribution is 5.93. The van der Waals surface area contributed by atoms with Crippen LogP contribution in [0.3, 0.4) is 0 Å². The number of benzene rings is 1. The number of para-hydroxylation sites is 1. The number of amides is 2. The highest BCUT2D eigenvalue weighted by Crippen LogP contribution is 2.19. The average molecular weight is 404 g/mol. The lowest BCUT2D eigenvalue weighted by atomic mass is 9.98. The van der Waals surface area contributed by atoms with Crippen LogP contribution in [0.4, 0.5) is 0 Å². The van der Waals surface area contributed by atoms with E-state index in [2.05, 4.69) is 15.6 Å². The molecule has 0 aliphatic rings. The monoisotopic (exact) mass is 404 g/mol. The van der Waals surface area contributed by atoms with Gasteiger partial charge in [-0.05, 0) is 17.5 Å². The molecule has 1 heterocycles. The maximum Gasteiger partial charge on any atom is 0.328 e. The molecule has 0 unspecified atom stereocenters. The van der Waals surface area contributed by atoms with Crippen molar-refractivity contribution in [3.8, 4) is 0 Å². The Balaban J connectivity index is 2.25. The summed E-state index contributed by atoms with van der Waals surface area (Å²) in [5.74, 6) is -2.65. The van der Waals surface area contributed by atoms with E-state index in [-0.39, 0.29) is 12.3 Å². The van der Waals surface area contributed by atoms with Crippen LogP contribution in [-0.2, 0) is 20.8 Å². The van der Waals surface area contributed by atoms with Gasteiger partial charge in [0.1, 0.15) is 12.1 Å². The highest BCUT2D eigenvalue weighted by atomic mass is 16.4. The van der Waals surface area contributed by atoms with Crippen molar-refractivity contribution >= 4 is 28.7 Å². The number of aromatic amines is 1. The van der Waals surface area contributed by atoms with Gasteiger partial charge in [-0.1, -0.05) is 38.5 Å². The third kappa shape index (κ3) is 5.55. The Morgan fingerprint density at radius 1 is 1.14 bits per heavy atom. The molecule has 9 heteroatoms. The molecule has 1 aromatic carbocycles. The van der Waals surface area contributed by atoms with Crippen molar-refractivity contribution < 1.29 is 24.6 Å². The zero-order chi connectivity index (χ0) is 21.6. The summed E-state index contributed by atoms with van der Waals surface area (Å²) in [6, 6.07) is 4.19. The van der Waals surface area contributed by atoms with Crippen LogP contribution in [0, 0.1) is 5.92 Å². The average Bonchev–Trinajstić information content (AvgIpc) is 3.12. The first-order valence-electron chi connectivity index (χ1n) is 9.53. The van der Waals surface area contributed by atoms with E-state index in [1.54, 1.807) is 6.20 Å². The molecular formula is C20H28N4O5. The molecule has 0 spiro atoms. The number of carboxylic acids is 1. The molecule has 29 heavy (non-hydrogen) atoms. The first-order chi connectivity index (χ1) is 13.8. The minimum atomic E-state index is -1.46. The highest BCUT2D eigenvalue weighted by Gasteiger charge is 2.29. The molecule has 2 aromatic rings. The fourth-order valence-electron chi connectivity index (χ4n) is 2.97. The Morgan fingerprint density at radius 3 is 2.41 bits per heavy atom. The first-order valence-corrected chi connectivity index (χ1v) is 9.53. The van der Waals surface area contributed by atoms with Gasteiger partial charge in [0.15, 0.2) is 0 Å². The second kappa shape index (κ2) is 10.0. The number of aliphatic carboxylic acids is 1. The standard InChI is InChI=1S/C20H28N4O5/c1-3-11(2)17(21)19(27)23-15(18(26)24-16(10-25)20(28)29)8-12-9-22-14-7-5-4-6-13(12)14/h4-7,9,11,15-17,22,25H,3,8,10,21H2,1-2H3,(H,23,27)(H,24,26)(H,28,29)/t11-,15-,16-,17-/m0/s1. The molecular weight excluding hydrogens is 376 g/mol. The van der Waals surface area contributed by atoms with Crippen molar-refractivity contribution in [3.05, 3.63) is 36.0 Å². The van der Waals surface area contributed by atoms with Crippen LogP contribution in [0.25, 0.3) is 10.9 Å². The van der Waals surface area contributed by atoms with Crippen LogP contribution in [0.15, 0.2) is 30.5 Å². The predicted molar refractivity (Wildman–Crippen MR) is 108 cm³/mol. The molecule has 7 N–H and O–H groups in total. The number of carbonyl (C=O) groups excluding carboxylic acids is 2. The zero-order valence-electron chi connectivity index (χ0n) is 16.5. The summed E-state index contributed by atoms with van der Waals surface area (Å²) >= 11 is 0. The van der Waals surface area contributed by atoms with E-state index >= 15 is 0 Å². The van der Waals surface area contributed by atoms with E-state index < -0.39 is 42.5 Å². The Morgan fingerprint density at radius 2 is 1.79 bits per heavy atom. The quantitative estimate of drug-likeness (QED) is 0.330. The van der Waals surface area contributed by atoms with Gasteiger partial charge in [-0.3, -0.25) is 9.59 Å². The van der Waals surface area contributed by atoms with Crippen LogP contribution in [0.5, 0.6) is 0 Å². The fraction of sp³-hybridized carbons (Fsp3) is 0.450. The number of nitrogens with one attached hydrogen (secondary N) is 3. The van der Waals surface area contributed by atoms with E-state index in [1.165, 1.54) is 0 Å². The Bertz CT molecular complexity index is 865. The molecule has 9 nitrogen and oxygen atoms in total. The molecule has 0 saturated heterocycles. The normalized spacial score (nSPS) is 15.3. The summed E-state index contributed by atoms with van der Waals surface area (Å²) < 4.78 is 0. The topological polar surface area (TPSA) is 158 Å². The summed E-state index contributed by atoms with van der Waals surface area (Å²) in [6.07, 6.45) is 2.57. The van der Waals surface area contributed by atoms with Crippen LogP contribution in [0.1, 0.15) is 25.8 Å². The molecule has 1 aromatic heterocycles. The summed E-state index contributed by atoms with van der Waals surface area (Å²) in [5, 5.41) is 24.1. The van der Waals surface area contributed by atoms with Crippen molar-refractivity contribution in [1.82, 2.24) is 15.6 Å². The van der Waals surface area contributed by atoms with E-state index in [4.69, 9.17) is 10.8 Å². The first kappa shape index (κ1) is 22.4. The summed E-state index contributed by atoms with van der Waals surface area (Å²) in [7, 11) is 0. The minimum absolute atomic E-state index is 0.0870. The van der Waals surface area contributed by atoms with Gasteiger partial charge in [-0.25, -0.2) is 4.79 Å². The number of H-pyrrole nitrogens is 1. The van der Waals surface area contributed by atoms with Crippen molar-refractivity contribution in [2.24, 2.45) is 11.7 Å². The molecule has 2 rings (SSSR count). The third-order valence-electron chi connectivity index (χ3n) is 5.09. The van der Waals surface area contributed by atoms with Crippen LogP contribution in [0.2, 0.25) is 0 Å². The summed E-state index contributed by atoms with van der Waals surface area (Å²) in [5.41, 5.74) is 7.64. The van der Waals surface area contributed by atoms with Gasteiger partial charge in [0.05, 0.1) is 12.6 Å². The maximum atomic E-state index is 12.7. The number of aliphatic hydroxyl groups excluding tert-OH is 1. The van der Waals surface area contributed by atoms with E-state index in [1.807, 2.05) is 38.1 Å². The van der Waals surface area contributed by atoms with Gasteiger partial charge in [0.2, 0.25) is 11.8 Å². The second-order valence-corrected chi connectivity index (χ2v) is 7.12. The fourth-order valence-corrected chi connectivity index (χ4v) is 2.97. The molecule has 158 valence electrons. The van der Waals surface area contributed by atoms with Gasteiger partial charge in [0.25, 0.3) is 0 Å². The van der Waals surface area contributed by atoms with Gasteiger partial charge >= 0.3 is 5.97 Å². The number of carbonyl (C=O) groups is 3. The van der Waals surface area contributed by atoms with Gasteiger partial charge in [0, 0.05) is 23.5 Å². The van der Waals surface area contributed by atoms with Crippen LogP contribution in [-0.4, -0.2) is 57.7 Å². The molecule has 0 saturated carbocycles. The summed E-state index contributed by atoms with van der Waals surface area (Å²) in [4.78, 5) is 39.5. The van der Waals surface area contributed by atoms with Gasteiger partial charge < -0.3 is 31.6 Å². The minimum Gasteiger partial charge on any atom is -0.480 e. The van der Waals surface area contributed by atoms with Crippen molar-refractivity contribution in [2.45, 2.75) is 44.8 Å². The number of hydrogen-bond acceptors (Lipinski definition) is 5. The number of rotatable bonds is 10. The van der Waals surface area contributed by atoms with Crippen LogP contribution >= 0.6 is 0 Å². The van der Waals surface area contributed by atoms with Crippen molar-refractivity contribution in [3.63, 3.8) is 0 Å². The molecule has 0 bridgehead atoms. The Labute approximate surface area is 168 Å². The smallest absolute Gasteiger partial charge is 0.328 e. The number of carboxylic acid groups (broad SMARTS) is 1. The number of hydrogen-bond donors (Lipinski definition) is 6. The lowest BCUT2D eigenvalue weighted by molar-refractivity contribution is -0.143. The maximum absolute atomic E-state index is 12.7. The van der Waals surface area contributed by atoms with E-state index in [9.17, 15) is 19.5 Å².